The maximum Gasteiger partial charge on any atom is 0.258 e. The highest BCUT2D eigenvalue weighted by Gasteiger charge is 2.36. The summed E-state index contributed by atoms with van der Waals surface area (Å²) < 4.78 is 34.9. The van der Waals surface area contributed by atoms with E-state index in [0.717, 1.165) is 6.42 Å². The first kappa shape index (κ1) is 18.5. The number of nitrogens with zero attached hydrogens (tertiary/aromatic N) is 1. The number of para-hydroxylation sites is 1. The van der Waals surface area contributed by atoms with Crippen LogP contribution in [0.3, 0.4) is 0 Å². The Morgan fingerprint density at radius 3 is 2.73 bits per heavy atom. The van der Waals surface area contributed by atoms with Crippen LogP contribution in [0.25, 0.3) is 0 Å². The number of ether oxygens (including phenoxy) is 1. The van der Waals surface area contributed by atoms with E-state index in [1.807, 2.05) is 13.0 Å². The van der Waals surface area contributed by atoms with Crippen LogP contribution < -0.4 is 4.74 Å². The zero-order chi connectivity index (χ0) is 18.6. The van der Waals surface area contributed by atoms with Crippen LogP contribution in [0.1, 0.15) is 35.9 Å². The Kier molecular flexibility index (Phi) is 5.66. The Balaban J connectivity index is 1.90. The van der Waals surface area contributed by atoms with Gasteiger partial charge in [0.1, 0.15) is 11.5 Å². The van der Waals surface area contributed by atoms with Gasteiger partial charge in [0.2, 0.25) is 0 Å². The van der Waals surface area contributed by atoms with Crippen LogP contribution in [0.2, 0.25) is 0 Å². The Labute approximate surface area is 153 Å². The molecule has 0 aliphatic carbocycles. The van der Waals surface area contributed by atoms with Crippen molar-refractivity contribution in [3.63, 3.8) is 0 Å². The highest BCUT2D eigenvalue weighted by atomic mass is 32.2. The summed E-state index contributed by atoms with van der Waals surface area (Å²) in [6.07, 6.45) is 2.81. The number of furan rings is 1. The largest absolute Gasteiger partial charge is 0.493 e. The molecule has 0 saturated carbocycles. The number of sulfone groups is 1. The molecule has 1 aliphatic heterocycles. The molecule has 3 rings (SSSR count). The van der Waals surface area contributed by atoms with Gasteiger partial charge in [0, 0.05) is 6.04 Å². The molecule has 1 fully saturated rings. The lowest BCUT2D eigenvalue weighted by atomic mass is 10.1. The lowest BCUT2D eigenvalue weighted by Crippen LogP contribution is -2.40. The van der Waals surface area contributed by atoms with Gasteiger partial charge in [-0.1, -0.05) is 19.1 Å². The van der Waals surface area contributed by atoms with Crippen molar-refractivity contribution >= 4 is 15.7 Å². The summed E-state index contributed by atoms with van der Waals surface area (Å²) in [7, 11) is -3.12. The molecule has 140 valence electrons. The van der Waals surface area contributed by atoms with E-state index >= 15 is 0 Å². The number of carbonyl (C=O) groups is 1. The maximum absolute atomic E-state index is 13.3. The fourth-order valence-electron chi connectivity index (χ4n) is 3.09. The number of amides is 1. The second-order valence-corrected chi connectivity index (χ2v) is 8.64. The highest BCUT2D eigenvalue weighted by molar-refractivity contribution is 7.91. The van der Waals surface area contributed by atoms with Crippen LogP contribution >= 0.6 is 0 Å². The van der Waals surface area contributed by atoms with Gasteiger partial charge >= 0.3 is 0 Å². The monoisotopic (exact) mass is 377 g/mol. The van der Waals surface area contributed by atoms with Crippen LogP contribution in [-0.2, 0) is 16.4 Å². The summed E-state index contributed by atoms with van der Waals surface area (Å²) in [5, 5.41) is 0. The minimum Gasteiger partial charge on any atom is -0.493 e. The van der Waals surface area contributed by atoms with Crippen molar-refractivity contribution in [3.05, 3.63) is 54.0 Å². The second kappa shape index (κ2) is 7.95. The summed E-state index contributed by atoms with van der Waals surface area (Å²) in [4.78, 5) is 14.9. The summed E-state index contributed by atoms with van der Waals surface area (Å²) >= 11 is 0. The van der Waals surface area contributed by atoms with Gasteiger partial charge in [-0.2, -0.15) is 0 Å². The van der Waals surface area contributed by atoms with E-state index in [-0.39, 0.29) is 30.0 Å². The van der Waals surface area contributed by atoms with Gasteiger partial charge in [-0.15, -0.1) is 0 Å². The number of hydrogen-bond acceptors (Lipinski definition) is 5. The molecule has 1 aliphatic rings. The Hall–Kier alpha value is -2.28. The van der Waals surface area contributed by atoms with Gasteiger partial charge in [0.05, 0.1) is 36.5 Å². The van der Waals surface area contributed by atoms with Crippen molar-refractivity contribution < 1.29 is 22.4 Å². The third kappa shape index (κ3) is 4.27. The first-order valence-electron chi connectivity index (χ1n) is 8.76. The predicted molar refractivity (Wildman–Crippen MR) is 97.9 cm³/mol. The molecule has 0 bridgehead atoms. The first-order chi connectivity index (χ1) is 12.5. The molecule has 1 amide bonds. The smallest absolute Gasteiger partial charge is 0.258 e. The number of hydrogen-bond donors (Lipinski definition) is 0. The van der Waals surface area contributed by atoms with E-state index in [1.54, 1.807) is 41.5 Å². The third-order valence-corrected chi connectivity index (χ3v) is 6.15. The van der Waals surface area contributed by atoms with E-state index in [4.69, 9.17) is 9.15 Å². The number of benzene rings is 1. The molecule has 2 heterocycles. The molecular formula is C19H23NO5S. The van der Waals surface area contributed by atoms with E-state index in [0.29, 0.717) is 30.1 Å². The Bertz CT molecular complexity index is 845. The molecular weight excluding hydrogens is 354 g/mol. The van der Waals surface area contributed by atoms with Crippen molar-refractivity contribution in [1.82, 2.24) is 4.90 Å². The lowest BCUT2D eigenvalue weighted by molar-refractivity contribution is 0.0661. The fourth-order valence-corrected chi connectivity index (χ4v) is 4.82. The number of rotatable bonds is 7. The van der Waals surface area contributed by atoms with Gasteiger partial charge in [-0.3, -0.25) is 4.79 Å². The van der Waals surface area contributed by atoms with E-state index < -0.39 is 9.84 Å². The van der Waals surface area contributed by atoms with Gasteiger partial charge in [-0.25, -0.2) is 8.42 Å². The predicted octanol–water partition coefficient (Wildman–Crippen LogP) is 2.90. The van der Waals surface area contributed by atoms with Gasteiger partial charge in [0.15, 0.2) is 9.84 Å². The molecule has 1 saturated heterocycles. The number of carbonyl (C=O) groups excluding carboxylic acids is 1. The molecule has 1 atom stereocenters. The van der Waals surface area contributed by atoms with Crippen LogP contribution in [0.15, 0.2) is 47.1 Å². The molecule has 0 radical (unpaired) electrons. The van der Waals surface area contributed by atoms with Crippen LogP contribution in [0.4, 0.5) is 0 Å². The molecule has 6 nitrogen and oxygen atoms in total. The van der Waals surface area contributed by atoms with Gasteiger partial charge in [0.25, 0.3) is 5.91 Å². The molecule has 26 heavy (non-hydrogen) atoms. The first-order valence-corrected chi connectivity index (χ1v) is 10.6. The zero-order valence-corrected chi connectivity index (χ0v) is 15.6. The van der Waals surface area contributed by atoms with Crippen LogP contribution in [0.5, 0.6) is 5.75 Å². The minimum absolute atomic E-state index is 0.0164. The third-order valence-electron chi connectivity index (χ3n) is 4.40. The molecule has 0 unspecified atom stereocenters. The van der Waals surface area contributed by atoms with Crippen molar-refractivity contribution in [2.75, 3.05) is 18.1 Å². The maximum atomic E-state index is 13.3. The van der Waals surface area contributed by atoms with Crippen molar-refractivity contribution in [1.29, 1.82) is 0 Å². The molecule has 0 N–H and O–H groups in total. The van der Waals surface area contributed by atoms with Gasteiger partial charge < -0.3 is 14.1 Å². The highest BCUT2D eigenvalue weighted by Crippen LogP contribution is 2.26. The summed E-state index contributed by atoms with van der Waals surface area (Å²) in [6.45, 7) is 2.74. The lowest BCUT2D eigenvalue weighted by Gasteiger charge is -2.28. The van der Waals surface area contributed by atoms with Crippen molar-refractivity contribution in [2.45, 2.75) is 32.4 Å². The molecule has 2 aromatic rings. The Morgan fingerprint density at radius 1 is 1.27 bits per heavy atom. The molecule has 1 aromatic heterocycles. The quantitative estimate of drug-likeness (QED) is 0.741. The summed E-state index contributed by atoms with van der Waals surface area (Å²) in [5.74, 6) is 0.986. The Morgan fingerprint density at radius 2 is 2.08 bits per heavy atom. The van der Waals surface area contributed by atoms with E-state index in [9.17, 15) is 13.2 Å². The van der Waals surface area contributed by atoms with Crippen LogP contribution in [0, 0.1) is 0 Å². The SMILES string of the molecule is CCCOc1ccccc1C(=O)N(Cc1ccco1)[C@@H]1CCS(=O)(=O)C1. The second-order valence-electron chi connectivity index (χ2n) is 6.41. The minimum atomic E-state index is -3.12. The van der Waals surface area contributed by atoms with E-state index in [2.05, 4.69) is 0 Å². The molecule has 1 aromatic carbocycles. The standard InChI is InChI=1S/C19H23NO5S/c1-2-10-25-18-8-4-3-7-17(18)19(21)20(13-16-6-5-11-24-16)15-9-12-26(22,23)14-15/h3-8,11,15H,2,9-10,12-14H2,1H3/t15-/m1/s1. The topological polar surface area (TPSA) is 76.8 Å². The summed E-state index contributed by atoms with van der Waals surface area (Å²) in [5.41, 5.74) is 0.441. The molecule has 0 spiro atoms. The fraction of sp³-hybridized carbons (Fsp3) is 0.421. The van der Waals surface area contributed by atoms with Crippen LogP contribution in [-0.4, -0.2) is 43.4 Å². The summed E-state index contributed by atoms with van der Waals surface area (Å²) in [6, 6.07) is 10.2. The van der Waals surface area contributed by atoms with Crippen molar-refractivity contribution in [3.8, 4) is 5.75 Å². The normalized spacial score (nSPS) is 18.6. The average molecular weight is 377 g/mol. The van der Waals surface area contributed by atoms with Crippen molar-refractivity contribution in [2.24, 2.45) is 0 Å². The average Bonchev–Trinajstić information content (AvgIpc) is 3.26. The molecule has 7 heteroatoms. The van der Waals surface area contributed by atoms with Gasteiger partial charge in [-0.05, 0) is 37.1 Å². The van der Waals surface area contributed by atoms with E-state index in [1.165, 1.54) is 0 Å². The zero-order valence-electron chi connectivity index (χ0n) is 14.8.